The van der Waals surface area contributed by atoms with Gasteiger partial charge in [-0.1, -0.05) is 26.0 Å². The molecule has 2 atom stereocenters. The number of carbonyl (C=O) groups is 3. The van der Waals surface area contributed by atoms with Gasteiger partial charge in [0.05, 0.1) is 42.8 Å². The van der Waals surface area contributed by atoms with Crippen molar-refractivity contribution in [1.29, 1.82) is 0 Å². The first-order chi connectivity index (χ1) is 19.0. The van der Waals surface area contributed by atoms with Crippen LogP contribution >= 0.6 is 0 Å². The van der Waals surface area contributed by atoms with Crippen molar-refractivity contribution in [3.8, 4) is 0 Å². The first kappa shape index (κ1) is 29.8. The summed E-state index contributed by atoms with van der Waals surface area (Å²) in [5, 5.41) is 9.76. The lowest BCUT2D eigenvalue weighted by Gasteiger charge is -2.44. The molecule has 1 N–H and O–H groups in total. The average Bonchev–Trinajstić information content (AvgIpc) is 3.29. The molecule has 2 aliphatic heterocycles. The molecule has 0 aliphatic carbocycles. The van der Waals surface area contributed by atoms with Crippen LogP contribution in [0.25, 0.3) is 11.0 Å². The molecule has 1 aromatic heterocycles. The fraction of sp³-hybridized carbons (Fsp3) is 0.655. The van der Waals surface area contributed by atoms with E-state index in [1.807, 2.05) is 58.9 Å². The van der Waals surface area contributed by atoms with E-state index in [0.29, 0.717) is 44.8 Å². The summed E-state index contributed by atoms with van der Waals surface area (Å²) >= 11 is 0. The molecule has 2 unspecified atom stereocenters. The van der Waals surface area contributed by atoms with Crippen LogP contribution in [0.4, 0.5) is 4.79 Å². The highest BCUT2D eigenvalue weighted by Crippen LogP contribution is 2.28. The molecule has 220 valence electrons. The molecular weight excluding hydrogens is 514 g/mol. The van der Waals surface area contributed by atoms with Gasteiger partial charge in [0.1, 0.15) is 5.60 Å². The maximum atomic E-state index is 14.2. The van der Waals surface area contributed by atoms with Gasteiger partial charge in [-0.2, -0.15) is 0 Å². The Kier molecular flexibility index (Phi) is 9.35. The molecule has 2 aromatic rings. The lowest BCUT2D eigenvalue weighted by atomic mass is 9.91. The summed E-state index contributed by atoms with van der Waals surface area (Å²) in [7, 11) is 0. The van der Waals surface area contributed by atoms with Gasteiger partial charge >= 0.3 is 6.09 Å². The van der Waals surface area contributed by atoms with Crippen molar-refractivity contribution in [2.75, 3.05) is 52.5 Å². The number of carbonyl (C=O) groups excluding carboxylic acids is 3. The number of likely N-dealkylation sites (tertiary alicyclic amines) is 1. The van der Waals surface area contributed by atoms with E-state index in [9.17, 15) is 19.5 Å². The molecule has 4 rings (SSSR count). The molecule has 2 aliphatic rings. The summed E-state index contributed by atoms with van der Waals surface area (Å²) in [4.78, 5) is 50.9. The standard InChI is InChI=1S/C29H43N5O6/c1-20(2)17-34(27(37)25-30-23-8-6-7-9-24(23)33(25)10-13-35)22-16-21(26(36)31-11-14-39-15-12-31)18-32(19-22)28(38)40-29(3,4)5/h6-9,20-22,35H,10-19H2,1-5H3. The largest absolute Gasteiger partial charge is 0.444 e. The van der Waals surface area contributed by atoms with E-state index in [1.165, 1.54) is 0 Å². The number of para-hydroxylation sites is 2. The fourth-order valence-corrected chi connectivity index (χ4v) is 5.48. The highest BCUT2D eigenvalue weighted by molar-refractivity contribution is 5.95. The first-order valence-electron chi connectivity index (χ1n) is 14.2. The number of morpholine rings is 1. The van der Waals surface area contributed by atoms with E-state index in [2.05, 4.69) is 4.98 Å². The molecule has 2 saturated heterocycles. The van der Waals surface area contributed by atoms with Crippen LogP contribution in [0.15, 0.2) is 24.3 Å². The molecular formula is C29H43N5O6. The zero-order valence-electron chi connectivity index (χ0n) is 24.3. The first-order valence-corrected chi connectivity index (χ1v) is 14.2. The van der Waals surface area contributed by atoms with Crippen LogP contribution in [0.2, 0.25) is 0 Å². The molecule has 2 fully saturated rings. The van der Waals surface area contributed by atoms with Crippen molar-refractivity contribution in [2.24, 2.45) is 11.8 Å². The van der Waals surface area contributed by atoms with Gasteiger partial charge in [0.25, 0.3) is 5.91 Å². The number of ether oxygens (including phenoxy) is 2. The number of amides is 3. The number of benzene rings is 1. The Hall–Kier alpha value is -3.18. The van der Waals surface area contributed by atoms with Crippen molar-refractivity contribution in [2.45, 2.75) is 59.2 Å². The number of nitrogens with zero attached hydrogens (tertiary/aromatic N) is 5. The minimum atomic E-state index is -0.698. The monoisotopic (exact) mass is 557 g/mol. The van der Waals surface area contributed by atoms with Crippen molar-refractivity contribution in [3.63, 3.8) is 0 Å². The summed E-state index contributed by atoms with van der Waals surface area (Å²) < 4.78 is 12.9. The van der Waals surface area contributed by atoms with Gasteiger partial charge in [0, 0.05) is 39.3 Å². The lowest BCUT2D eigenvalue weighted by molar-refractivity contribution is -0.142. The van der Waals surface area contributed by atoms with Gasteiger partial charge in [-0.05, 0) is 45.2 Å². The van der Waals surface area contributed by atoms with E-state index in [1.54, 1.807) is 19.3 Å². The lowest BCUT2D eigenvalue weighted by Crippen LogP contribution is -2.58. The molecule has 0 spiro atoms. The van der Waals surface area contributed by atoms with Crippen molar-refractivity contribution < 1.29 is 29.0 Å². The summed E-state index contributed by atoms with van der Waals surface area (Å²) in [6.45, 7) is 12.5. The maximum Gasteiger partial charge on any atom is 0.410 e. The summed E-state index contributed by atoms with van der Waals surface area (Å²) in [6.07, 6.45) is -0.0739. The van der Waals surface area contributed by atoms with Gasteiger partial charge in [0.2, 0.25) is 5.91 Å². The Morgan fingerprint density at radius 2 is 1.82 bits per heavy atom. The third kappa shape index (κ3) is 6.93. The van der Waals surface area contributed by atoms with Crippen molar-refractivity contribution in [1.82, 2.24) is 24.3 Å². The second-order valence-electron chi connectivity index (χ2n) is 12.1. The minimum absolute atomic E-state index is 0.0361. The Balaban J connectivity index is 1.69. The van der Waals surface area contributed by atoms with Gasteiger partial charge in [0.15, 0.2) is 5.82 Å². The van der Waals surface area contributed by atoms with Crippen LogP contribution in [0.3, 0.4) is 0 Å². The minimum Gasteiger partial charge on any atom is -0.444 e. The van der Waals surface area contributed by atoms with Gasteiger partial charge in [-0.25, -0.2) is 9.78 Å². The Morgan fingerprint density at radius 3 is 2.48 bits per heavy atom. The van der Waals surface area contributed by atoms with Crippen LogP contribution in [0.5, 0.6) is 0 Å². The van der Waals surface area contributed by atoms with Crippen LogP contribution < -0.4 is 0 Å². The number of aliphatic hydroxyl groups is 1. The number of aliphatic hydroxyl groups excluding tert-OH is 1. The van der Waals surface area contributed by atoms with Gasteiger partial charge in [-0.15, -0.1) is 0 Å². The molecule has 0 saturated carbocycles. The average molecular weight is 558 g/mol. The fourth-order valence-electron chi connectivity index (χ4n) is 5.48. The summed E-state index contributed by atoms with van der Waals surface area (Å²) in [6, 6.07) is 7.03. The number of imidazole rings is 1. The van der Waals surface area contributed by atoms with Gasteiger partial charge in [-0.3, -0.25) is 9.59 Å². The highest BCUT2D eigenvalue weighted by Gasteiger charge is 2.41. The molecule has 3 amide bonds. The summed E-state index contributed by atoms with van der Waals surface area (Å²) in [5.41, 5.74) is 0.739. The van der Waals surface area contributed by atoms with Crippen molar-refractivity contribution in [3.05, 3.63) is 30.1 Å². The van der Waals surface area contributed by atoms with Gasteiger partial charge < -0.3 is 33.8 Å². The highest BCUT2D eigenvalue weighted by atomic mass is 16.6. The number of aromatic nitrogens is 2. The number of rotatable bonds is 7. The predicted octanol–water partition coefficient (Wildman–Crippen LogP) is 2.61. The van der Waals surface area contributed by atoms with Crippen LogP contribution in [0, 0.1) is 11.8 Å². The number of hydrogen-bond acceptors (Lipinski definition) is 7. The number of hydrogen-bond donors (Lipinski definition) is 1. The molecule has 40 heavy (non-hydrogen) atoms. The van der Waals surface area contributed by atoms with E-state index < -0.39 is 23.7 Å². The number of piperidine rings is 1. The number of fused-ring (bicyclic) bond motifs is 1. The van der Waals surface area contributed by atoms with Crippen LogP contribution in [-0.4, -0.2) is 111 Å². The molecule has 0 bridgehead atoms. The quantitative estimate of drug-likeness (QED) is 0.556. The van der Waals surface area contributed by atoms with Crippen LogP contribution in [-0.2, 0) is 20.8 Å². The third-order valence-corrected chi connectivity index (χ3v) is 7.19. The Morgan fingerprint density at radius 1 is 1.12 bits per heavy atom. The van der Waals surface area contributed by atoms with E-state index >= 15 is 0 Å². The maximum absolute atomic E-state index is 14.2. The zero-order chi connectivity index (χ0) is 29.0. The molecule has 1 aromatic carbocycles. The second kappa shape index (κ2) is 12.6. The summed E-state index contributed by atoms with van der Waals surface area (Å²) in [5.74, 6) is -0.438. The Bertz CT molecular complexity index is 1200. The van der Waals surface area contributed by atoms with Crippen molar-refractivity contribution >= 4 is 28.9 Å². The predicted molar refractivity (Wildman–Crippen MR) is 150 cm³/mol. The topological polar surface area (TPSA) is 117 Å². The zero-order valence-corrected chi connectivity index (χ0v) is 24.3. The smallest absolute Gasteiger partial charge is 0.410 e. The normalized spacial score (nSPS) is 20.2. The third-order valence-electron chi connectivity index (χ3n) is 7.19. The molecule has 0 radical (unpaired) electrons. The van der Waals surface area contributed by atoms with E-state index in [0.717, 1.165) is 5.52 Å². The SMILES string of the molecule is CC(C)CN(C(=O)c1nc2ccccc2n1CCO)C1CC(C(=O)N2CCOCC2)CN(C(=O)OC(C)(C)C)C1. The second-order valence-corrected chi connectivity index (χ2v) is 12.1. The van der Waals surface area contributed by atoms with E-state index in [-0.39, 0.29) is 49.8 Å². The van der Waals surface area contributed by atoms with Crippen LogP contribution in [0.1, 0.15) is 51.7 Å². The Labute approximate surface area is 236 Å². The molecule has 11 heteroatoms. The molecule has 3 heterocycles. The van der Waals surface area contributed by atoms with E-state index in [4.69, 9.17) is 9.47 Å². The molecule has 11 nitrogen and oxygen atoms in total.